The lowest BCUT2D eigenvalue weighted by atomic mass is 10.00. The Hall–Kier alpha value is 27.4. The van der Waals surface area contributed by atoms with Crippen LogP contribution < -0.4 is 0 Å². The molecular weight excluding hydrogens is 4900 g/mol. The molecule has 86 heavy (non-hydrogen) atoms. The Labute approximate surface area is 976 Å². The number of hydrogen-bond donors (Lipinski definition) is 0. The lowest BCUT2D eigenvalue weighted by Crippen LogP contribution is -2.75. The molecule has 0 aromatic carbocycles. The van der Waals surface area contributed by atoms with Crippen molar-refractivity contribution in [3.63, 3.8) is 0 Å². The summed E-state index contributed by atoms with van der Waals surface area (Å²) < 4.78 is -41.7. The van der Waals surface area contributed by atoms with E-state index in [9.17, 15) is 0 Å². The smallest absolute Gasteiger partial charge is 0.0785 e. The van der Waals surface area contributed by atoms with Crippen LogP contribution in [0.5, 0.6) is 0 Å². The second-order valence-corrected chi connectivity index (χ2v) is 114. The van der Waals surface area contributed by atoms with Crippen LogP contribution in [0.15, 0.2) is 0 Å². The quantitative estimate of drug-likeness (QED) is 0.212. The van der Waals surface area contributed by atoms with Crippen molar-refractivity contribution in [2.75, 3.05) is 0 Å². The fourth-order valence-electron chi connectivity index (χ4n) is 5.60. The molecule has 1 aliphatic rings. The number of halogens is 57. The molecule has 0 heterocycles. The lowest BCUT2D eigenvalue weighted by Gasteiger charge is -2.63. The minimum atomic E-state index is -1.50. The zero-order valence-corrected chi connectivity index (χ0v) is 126. The maximum Gasteiger partial charge on any atom is 0.135 e. The molecule has 0 aromatic rings. The van der Waals surface area contributed by atoms with Crippen molar-refractivity contribution < 1.29 is 0 Å². The van der Waals surface area contributed by atoms with Gasteiger partial charge in [-0.2, -0.15) is 0 Å². The molecule has 0 aliphatic heterocycles. The van der Waals surface area contributed by atoms with Gasteiger partial charge in [0.1, 0.15) is 95.4 Å². The summed E-state index contributed by atoms with van der Waals surface area (Å²) in [4.78, 5) is 0.431. The molecule has 0 amide bonds. The first kappa shape index (κ1) is 111. The van der Waals surface area contributed by atoms with E-state index in [2.05, 4.69) is 908 Å². The summed E-state index contributed by atoms with van der Waals surface area (Å²) in [5, 5.41) is 0. The maximum absolute atomic E-state index is 4.13. The second kappa shape index (κ2) is 35.4. The first-order valence-corrected chi connectivity index (χ1v) is 63.2. The molecule has 515 valence electrons. The first-order chi connectivity index (χ1) is 35.9. The predicted octanol–water partition coefficient (Wildman–Crippen LogP) is 42.5. The molecular formula is C29Br57. The van der Waals surface area contributed by atoms with Gasteiger partial charge in [0.15, 0.2) is 0 Å². The lowest BCUT2D eigenvalue weighted by molar-refractivity contribution is 0.507. The van der Waals surface area contributed by atoms with E-state index >= 15 is 0 Å². The van der Waals surface area contributed by atoms with Crippen LogP contribution in [0.2, 0.25) is 0 Å². The summed E-state index contributed by atoms with van der Waals surface area (Å²) in [6.45, 7) is 0. The molecule has 0 bridgehead atoms. The zero-order valence-electron chi connectivity index (χ0n) is 36.0. The van der Waals surface area contributed by atoms with Gasteiger partial charge in [0.05, 0.1) is 0 Å². The van der Waals surface area contributed by atoms with Gasteiger partial charge >= 0.3 is 0 Å². The molecule has 1 aliphatic carbocycles. The highest BCUT2D eigenvalue weighted by atomic mass is 80.0. The van der Waals surface area contributed by atoms with Crippen LogP contribution in [0.25, 0.3) is 0 Å². The molecule has 57 heteroatoms. The average Bonchev–Trinajstić information content (AvgIpc) is 3.28. The fraction of sp³-hybridized carbons (Fsp3) is 0.966. The van der Waals surface area contributed by atoms with E-state index in [-0.39, 0.29) is 0 Å². The van der Waals surface area contributed by atoms with Crippen LogP contribution >= 0.6 is 908 Å². The van der Waals surface area contributed by atoms with Crippen molar-refractivity contribution in [2.45, 2.75) is 90.5 Å². The van der Waals surface area contributed by atoms with Gasteiger partial charge in [-0.1, -0.05) is 908 Å². The Balaban J connectivity index is 5.24. The molecule has 1 fully saturated rings. The predicted molar refractivity (Wildman–Crippen MR) is 589 cm³/mol. The second-order valence-electron chi connectivity index (χ2n) is 16.4. The van der Waals surface area contributed by atoms with E-state index in [0.717, 1.165) is 0 Å². The van der Waals surface area contributed by atoms with Crippen LogP contribution in [-0.4, -0.2) is 90.5 Å². The number of rotatable bonds is 0. The summed E-state index contributed by atoms with van der Waals surface area (Å²) in [5.41, 5.74) is 0. The number of hydrogen-bond acceptors (Lipinski definition) is 0. The van der Waals surface area contributed by atoms with E-state index in [1.165, 1.54) is 0 Å². The van der Waals surface area contributed by atoms with E-state index in [1.54, 1.807) is 0 Å². The van der Waals surface area contributed by atoms with Crippen LogP contribution in [-0.2, 0) is 0 Å². The molecule has 0 unspecified atom stereocenters. The largest absolute Gasteiger partial charge is 0.135 e. The van der Waals surface area contributed by atoms with E-state index in [4.69, 9.17) is 0 Å². The normalized spacial score (nSPS) is 33.9. The van der Waals surface area contributed by atoms with Crippen LogP contribution in [0.4, 0.5) is 0 Å². The summed E-state index contributed by atoms with van der Waals surface area (Å²) in [7, 11) is 0. The Morgan fingerprint density at radius 3 is 0.198 bits per heavy atom. The highest BCUT2D eigenvalue weighted by Crippen LogP contribution is 2.88. The zero-order chi connectivity index (χ0) is 71.6. The van der Waals surface area contributed by atoms with Crippen molar-refractivity contribution in [2.24, 2.45) is 0 Å². The van der Waals surface area contributed by atoms with E-state index in [1.807, 2.05) is 0 Å². The SMILES string of the molecule is Br[C]1C(Br)(Br)C(Br)(Br)C(Br)(Br)C(Br)(Br)C(Br)(Br)C(Br)(Br)C(Br)(Br)C(Br)(Br)C(Br)(Br)C(Br)(Br)C(Br)(Br)C(Br)(Br)C(Br)(Br)C(Br)(Br)C(Br)(Br)C(Br)(Br)C(Br)(Br)C(Br)(Br)C(Br)(Br)C(Br)(Br)C(Br)(Br)C(Br)(Br)C(Br)(Br)C(Br)(Br)C(Br)(Br)C(Br)(Br)C(Br)(Br)C1(Br)Br. The van der Waals surface area contributed by atoms with Crippen molar-refractivity contribution in [3.8, 4) is 0 Å². The van der Waals surface area contributed by atoms with Gasteiger partial charge in [0.25, 0.3) is 0 Å². The Bertz CT molecular complexity index is 2330. The fourth-order valence-corrected chi connectivity index (χ4v) is 68.9. The van der Waals surface area contributed by atoms with Gasteiger partial charge < -0.3 is 0 Å². The summed E-state index contributed by atoms with van der Waals surface area (Å²) in [6.07, 6.45) is 0. The van der Waals surface area contributed by atoms with Crippen molar-refractivity contribution in [1.29, 1.82) is 0 Å². The van der Waals surface area contributed by atoms with Gasteiger partial charge in [-0.05, 0) is 0 Å². The van der Waals surface area contributed by atoms with Crippen molar-refractivity contribution >= 4 is 908 Å². The van der Waals surface area contributed by atoms with Gasteiger partial charge in [-0.3, -0.25) is 0 Å². The molecule has 0 saturated heterocycles. The van der Waals surface area contributed by atoms with Crippen molar-refractivity contribution in [3.05, 3.63) is 4.83 Å². The molecule has 0 N–H and O–H groups in total. The third-order valence-corrected chi connectivity index (χ3v) is 138. The Morgan fingerprint density at radius 1 is 0.0930 bits per heavy atom. The first-order valence-electron chi connectivity index (χ1n) is 18.0. The molecule has 0 aromatic heterocycles. The van der Waals surface area contributed by atoms with Crippen molar-refractivity contribution in [1.82, 2.24) is 0 Å². The Morgan fingerprint density at radius 2 is 0.140 bits per heavy atom. The van der Waals surface area contributed by atoms with E-state index in [0.29, 0.717) is 4.83 Å². The topological polar surface area (TPSA) is 0 Å². The van der Waals surface area contributed by atoms with Gasteiger partial charge in [0.2, 0.25) is 0 Å². The van der Waals surface area contributed by atoms with Gasteiger partial charge in [-0.15, -0.1) is 0 Å². The van der Waals surface area contributed by atoms with Gasteiger partial charge in [-0.25, -0.2) is 0 Å². The summed E-state index contributed by atoms with van der Waals surface area (Å²) in [5.74, 6) is 0. The highest BCUT2D eigenvalue weighted by Gasteiger charge is 2.88. The average molecular weight is 4900 g/mol. The molecule has 1 rings (SSSR count). The maximum atomic E-state index is 4.13. The monoisotopic (exact) mass is 4850 g/mol. The molecule has 0 atom stereocenters. The molecule has 1 radical (unpaired) electrons. The van der Waals surface area contributed by atoms with Crippen LogP contribution in [0.3, 0.4) is 0 Å². The van der Waals surface area contributed by atoms with Crippen LogP contribution in [0, 0.1) is 4.83 Å². The number of alkyl halides is 56. The highest BCUT2D eigenvalue weighted by molar-refractivity contribution is 9.43. The Kier molecular flexibility index (Phi) is 45.9. The minimum Gasteiger partial charge on any atom is -0.0785 e. The minimum absolute atomic E-state index is 0.431. The van der Waals surface area contributed by atoms with Gasteiger partial charge in [0, 0.05) is 0 Å². The molecule has 1 saturated carbocycles. The molecule has 0 spiro atoms. The molecule has 0 nitrogen and oxygen atoms in total. The summed E-state index contributed by atoms with van der Waals surface area (Å²) >= 11 is 235. The van der Waals surface area contributed by atoms with Crippen LogP contribution in [0.1, 0.15) is 0 Å². The summed E-state index contributed by atoms with van der Waals surface area (Å²) in [6, 6.07) is 0. The third kappa shape index (κ3) is 17.0. The third-order valence-electron chi connectivity index (χ3n) is 11.2. The van der Waals surface area contributed by atoms with E-state index < -0.39 is 90.5 Å². The standard InChI is InChI=1S/C29Br57/c30-1-2(31,32)4(35,36)6(39,40)8(43,44)10(47,48)12(51,52)14(55,56)16(59,60)18(63,64)20(67,68)22(71,72)24(75,76)26(79,80)28(83,84)29(85,86)27(81,82)25(77,78)23(73,74)21(69,70)19(65,66)17(61,62)15(57,58)13(53,54)11(49,50)9(45,46)7(41,42)5(37,38)3(1,33)34.